The molecule has 2 nitrogen and oxygen atoms in total. The van der Waals surface area contributed by atoms with Gasteiger partial charge in [0.05, 0.1) is 12.1 Å². The van der Waals surface area contributed by atoms with Gasteiger partial charge in [0.1, 0.15) is 0 Å². The van der Waals surface area contributed by atoms with Gasteiger partial charge >= 0.3 is 0 Å². The number of fused-ring (bicyclic) bond motifs is 1. The SMILES string of the molecule is CCCCCCCCc1ccc2c(c1)CC=C(C(C)(N)CO)C=C2. The number of aryl methyl sites for hydroxylation is 1. The average Bonchev–Trinajstić information content (AvgIpc) is 2.80. The van der Waals surface area contributed by atoms with E-state index in [0.29, 0.717) is 0 Å². The van der Waals surface area contributed by atoms with E-state index in [1.165, 1.54) is 61.6 Å². The van der Waals surface area contributed by atoms with Crippen molar-refractivity contribution in [2.45, 2.75) is 70.8 Å². The Balaban J connectivity index is 1.95. The van der Waals surface area contributed by atoms with E-state index in [-0.39, 0.29) is 6.61 Å². The first-order chi connectivity index (χ1) is 11.6. The van der Waals surface area contributed by atoms with Gasteiger partial charge in [0.2, 0.25) is 0 Å². The standard InChI is InChI=1S/C22H33NO/c1-3-4-5-6-7-8-9-18-10-11-19-12-14-21(22(2,23)17-24)15-13-20(19)16-18/h10-12,14-16,24H,3-9,13,17,23H2,1-2H3. The zero-order valence-corrected chi connectivity index (χ0v) is 15.4. The smallest absolute Gasteiger partial charge is 0.0650 e. The van der Waals surface area contributed by atoms with Crippen molar-refractivity contribution in [3.05, 3.63) is 52.6 Å². The molecule has 0 heterocycles. The molecule has 2 heteroatoms. The Morgan fingerprint density at radius 3 is 2.58 bits per heavy atom. The Morgan fingerprint density at radius 1 is 1.08 bits per heavy atom. The molecule has 1 atom stereocenters. The van der Waals surface area contributed by atoms with Crippen molar-refractivity contribution in [3.8, 4) is 0 Å². The summed E-state index contributed by atoms with van der Waals surface area (Å²) in [5.74, 6) is 0. The van der Waals surface area contributed by atoms with E-state index in [0.717, 1.165) is 12.0 Å². The number of allylic oxidation sites excluding steroid dienone is 1. The van der Waals surface area contributed by atoms with Gasteiger partial charge in [-0.1, -0.05) is 75.5 Å². The summed E-state index contributed by atoms with van der Waals surface area (Å²) in [6, 6.07) is 6.83. The monoisotopic (exact) mass is 327 g/mol. The van der Waals surface area contributed by atoms with E-state index >= 15 is 0 Å². The van der Waals surface area contributed by atoms with Crippen LogP contribution < -0.4 is 5.73 Å². The number of benzene rings is 1. The molecule has 0 radical (unpaired) electrons. The molecule has 0 saturated heterocycles. The molecule has 2 rings (SSSR count). The van der Waals surface area contributed by atoms with Crippen molar-refractivity contribution in [1.82, 2.24) is 0 Å². The molecular weight excluding hydrogens is 294 g/mol. The van der Waals surface area contributed by atoms with Gasteiger partial charge in [0.15, 0.2) is 0 Å². The van der Waals surface area contributed by atoms with Crippen molar-refractivity contribution < 1.29 is 5.11 Å². The molecule has 3 N–H and O–H groups in total. The molecule has 1 unspecified atom stereocenters. The highest BCUT2D eigenvalue weighted by Crippen LogP contribution is 2.24. The molecule has 0 bridgehead atoms. The molecular formula is C22H33NO. The van der Waals surface area contributed by atoms with E-state index in [9.17, 15) is 5.11 Å². The maximum Gasteiger partial charge on any atom is 0.0650 e. The highest BCUT2D eigenvalue weighted by molar-refractivity contribution is 5.61. The average molecular weight is 328 g/mol. The number of aliphatic hydroxyl groups excluding tert-OH is 1. The minimum Gasteiger partial charge on any atom is -0.394 e. The van der Waals surface area contributed by atoms with Crippen molar-refractivity contribution in [2.24, 2.45) is 5.73 Å². The molecule has 1 aromatic rings. The summed E-state index contributed by atoms with van der Waals surface area (Å²) in [6.07, 6.45) is 16.4. The zero-order chi connectivity index (χ0) is 17.4. The van der Waals surface area contributed by atoms with Crippen LogP contribution in [0.25, 0.3) is 6.08 Å². The van der Waals surface area contributed by atoms with Gasteiger partial charge in [-0.3, -0.25) is 0 Å². The predicted molar refractivity (Wildman–Crippen MR) is 104 cm³/mol. The fraction of sp³-hybridized carbons (Fsp3) is 0.545. The number of hydrogen-bond acceptors (Lipinski definition) is 2. The number of nitrogens with two attached hydrogens (primary N) is 1. The molecule has 24 heavy (non-hydrogen) atoms. The second kappa shape index (κ2) is 9.19. The van der Waals surface area contributed by atoms with E-state index in [1.807, 2.05) is 6.92 Å². The highest BCUT2D eigenvalue weighted by Gasteiger charge is 2.21. The topological polar surface area (TPSA) is 46.2 Å². The summed E-state index contributed by atoms with van der Waals surface area (Å²) < 4.78 is 0. The third kappa shape index (κ3) is 5.32. The first-order valence-corrected chi connectivity index (χ1v) is 9.47. The number of rotatable bonds is 9. The van der Waals surface area contributed by atoms with Crippen LogP contribution in [0.1, 0.15) is 69.1 Å². The van der Waals surface area contributed by atoms with Crippen molar-refractivity contribution in [2.75, 3.05) is 6.61 Å². The second-order valence-electron chi connectivity index (χ2n) is 7.32. The minimum absolute atomic E-state index is 0.0389. The predicted octanol–water partition coefficient (Wildman–Crippen LogP) is 4.80. The first-order valence-electron chi connectivity index (χ1n) is 9.47. The lowest BCUT2D eigenvalue weighted by molar-refractivity contribution is 0.233. The lowest BCUT2D eigenvalue weighted by Crippen LogP contribution is -2.41. The Bertz CT molecular complexity index is 584. The molecule has 0 aromatic heterocycles. The minimum atomic E-state index is -0.667. The molecule has 0 spiro atoms. The van der Waals surface area contributed by atoms with Crippen LogP contribution in [0.3, 0.4) is 0 Å². The van der Waals surface area contributed by atoms with Gasteiger partial charge in [-0.05, 0) is 48.4 Å². The van der Waals surface area contributed by atoms with Gasteiger partial charge in [0, 0.05) is 0 Å². The fourth-order valence-electron chi connectivity index (χ4n) is 3.25. The quantitative estimate of drug-likeness (QED) is 0.640. The summed E-state index contributed by atoms with van der Waals surface area (Å²) in [5, 5.41) is 9.47. The molecule has 0 saturated carbocycles. The van der Waals surface area contributed by atoms with Gasteiger partial charge in [-0.2, -0.15) is 0 Å². The maximum atomic E-state index is 9.47. The molecule has 0 aliphatic heterocycles. The van der Waals surface area contributed by atoms with Crippen molar-refractivity contribution in [1.29, 1.82) is 0 Å². The molecule has 1 aliphatic rings. The summed E-state index contributed by atoms with van der Waals surface area (Å²) in [7, 11) is 0. The van der Waals surface area contributed by atoms with E-state index in [4.69, 9.17) is 5.73 Å². The highest BCUT2D eigenvalue weighted by atomic mass is 16.3. The Labute approximate surface area is 147 Å². The fourth-order valence-corrected chi connectivity index (χ4v) is 3.25. The van der Waals surface area contributed by atoms with Crippen LogP contribution in [0.5, 0.6) is 0 Å². The van der Waals surface area contributed by atoms with Crippen LogP contribution in [0.2, 0.25) is 0 Å². The number of aliphatic hydroxyl groups is 1. The molecule has 0 amide bonds. The van der Waals surface area contributed by atoms with Gasteiger partial charge in [0.25, 0.3) is 0 Å². The van der Waals surface area contributed by atoms with Gasteiger partial charge in [-0.15, -0.1) is 0 Å². The van der Waals surface area contributed by atoms with Crippen molar-refractivity contribution in [3.63, 3.8) is 0 Å². The van der Waals surface area contributed by atoms with Crippen molar-refractivity contribution >= 4 is 6.08 Å². The van der Waals surface area contributed by atoms with Crippen LogP contribution in [0.4, 0.5) is 0 Å². The van der Waals surface area contributed by atoms with E-state index < -0.39 is 5.54 Å². The van der Waals surface area contributed by atoms with Crippen LogP contribution in [0.15, 0.2) is 35.9 Å². The Kier molecular flexibility index (Phi) is 7.26. The maximum absolute atomic E-state index is 9.47. The summed E-state index contributed by atoms with van der Waals surface area (Å²) in [5.41, 5.74) is 10.6. The van der Waals surface area contributed by atoms with E-state index in [2.05, 4.69) is 43.4 Å². The Hall–Kier alpha value is -1.38. The van der Waals surface area contributed by atoms with E-state index in [1.54, 1.807) is 0 Å². The van der Waals surface area contributed by atoms with Gasteiger partial charge < -0.3 is 10.8 Å². The van der Waals surface area contributed by atoms with Gasteiger partial charge in [-0.25, -0.2) is 0 Å². The summed E-state index contributed by atoms with van der Waals surface area (Å²) in [4.78, 5) is 0. The van der Waals surface area contributed by atoms with Crippen LogP contribution in [-0.4, -0.2) is 17.3 Å². The molecule has 0 fully saturated rings. The molecule has 132 valence electrons. The van der Waals surface area contributed by atoms with Crippen LogP contribution in [0, 0.1) is 0 Å². The molecule has 1 aliphatic carbocycles. The number of unbranched alkanes of at least 4 members (excludes halogenated alkanes) is 5. The number of hydrogen-bond donors (Lipinski definition) is 2. The van der Waals surface area contributed by atoms with Crippen LogP contribution >= 0.6 is 0 Å². The second-order valence-corrected chi connectivity index (χ2v) is 7.32. The summed E-state index contributed by atoms with van der Waals surface area (Å²) >= 11 is 0. The zero-order valence-electron chi connectivity index (χ0n) is 15.4. The lowest BCUT2D eigenvalue weighted by Gasteiger charge is -2.23. The Morgan fingerprint density at radius 2 is 1.83 bits per heavy atom. The third-order valence-electron chi connectivity index (χ3n) is 5.00. The molecule has 1 aromatic carbocycles. The van der Waals surface area contributed by atoms with Crippen LogP contribution in [-0.2, 0) is 12.8 Å². The first kappa shape index (κ1) is 19.0. The normalized spacial score (nSPS) is 16.2. The summed E-state index contributed by atoms with van der Waals surface area (Å²) in [6.45, 7) is 4.10. The lowest BCUT2D eigenvalue weighted by atomic mass is 9.93. The largest absolute Gasteiger partial charge is 0.394 e. The third-order valence-corrected chi connectivity index (χ3v) is 5.00.